The molecular formula is C30H31N5OS. The lowest BCUT2D eigenvalue weighted by atomic mass is 10.0. The van der Waals surface area contributed by atoms with Crippen LogP contribution in [0.5, 0.6) is 0 Å². The van der Waals surface area contributed by atoms with E-state index in [0.717, 1.165) is 28.3 Å². The highest BCUT2D eigenvalue weighted by Crippen LogP contribution is 2.39. The van der Waals surface area contributed by atoms with Crippen LogP contribution < -0.4 is 10.6 Å². The Morgan fingerprint density at radius 1 is 0.973 bits per heavy atom. The molecule has 4 aromatic rings. The number of aryl methyl sites for hydroxylation is 3. The van der Waals surface area contributed by atoms with Crippen molar-refractivity contribution in [3.63, 3.8) is 0 Å². The van der Waals surface area contributed by atoms with Crippen LogP contribution in [-0.4, -0.2) is 32.0 Å². The number of hydrogen-bond acceptors (Lipinski definition) is 3. The highest BCUT2D eigenvalue weighted by Gasteiger charge is 2.41. The molecule has 0 radical (unpaired) electrons. The molecule has 3 heterocycles. The van der Waals surface area contributed by atoms with E-state index in [-0.39, 0.29) is 18.0 Å². The lowest BCUT2D eigenvalue weighted by molar-refractivity contribution is -0.116. The number of nitrogens with one attached hydrogen (secondary N) is 2. The summed E-state index contributed by atoms with van der Waals surface area (Å²) in [5.74, 6) is -0.0401. The quantitative estimate of drug-likeness (QED) is 0.309. The summed E-state index contributed by atoms with van der Waals surface area (Å²) < 4.78 is 2.21. The van der Waals surface area contributed by atoms with Crippen molar-refractivity contribution in [2.24, 2.45) is 0 Å². The van der Waals surface area contributed by atoms with Gasteiger partial charge < -0.3 is 20.1 Å². The Bertz CT molecular complexity index is 1430. The summed E-state index contributed by atoms with van der Waals surface area (Å²) in [6.07, 6.45) is 4.20. The number of carbonyl (C=O) groups is 1. The van der Waals surface area contributed by atoms with Crippen molar-refractivity contribution in [1.82, 2.24) is 19.8 Å². The fourth-order valence-electron chi connectivity index (χ4n) is 4.86. The standard InChI is InChI=1S/C30H31N5OS/c1-20-13-14-23(19-22(20)3)34-17-8-12-26(34)29-28(25-11-6-7-16-31-25)33-30(37)35(29)18-15-27(36)32-24-10-5-4-9-21(24)2/h4-14,16-17,19,28-29H,15,18H2,1-3H3,(H,32,36)(H,33,37). The largest absolute Gasteiger partial charge is 0.352 e. The number of para-hydroxylation sites is 1. The van der Waals surface area contributed by atoms with E-state index in [1.54, 1.807) is 6.20 Å². The predicted octanol–water partition coefficient (Wildman–Crippen LogP) is 5.80. The third-order valence-electron chi connectivity index (χ3n) is 7.05. The zero-order valence-corrected chi connectivity index (χ0v) is 22.1. The minimum atomic E-state index is -0.145. The number of aromatic nitrogens is 2. The van der Waals surface area contributed by atoms with E-state index in [1.807, 2.05) is 49.4 Å². The second kappa shape index (κ2) is 10.6. The van der Waals surface area contributed by atoms with Crippen LogP contribution in [0.3, 0.4) is 0 Å². The van der Waals surface area contributed by atoms with Crippen molar-refractivity contribution in [3.8, 4) is 5.69 Å². The van der Waals surface area contributed by atoms with Crippen molar-refractivity contribution in [1.29, 1.82) is 0 Å². The van der Waals surface area contributed by atoms with Gasteiger partial charge in [0.25, 0.3) is 0 Å². The first-order chi connectivity index (χ1) is 17.9. The SMILES string of the molecule is Cc1ccc(-n2cccc2C2C(c3ccccn3)NC(=S)N2CCC(=O)Nc2ccccc2C)cc1C. The van der Waals surface area contributed by atoms with E-state index in [9.17, 15) is 4.79 Å². The van der Waals surface area contributed by atoms with Crippen LogP contribution in [0, 0.1) is 20.8 Å². The molecule has 37 heavy (non-hydrogen) atoms. The number of rotatable bonds is 7. The zero-order chi connectivity index (χ0) is 25.9. The van der Waals surface area contributed by atoms with Gasteiger partial charge in [0.05, 0.1) is 17.8 Å². The maximum absolute atomic E-state index is 12.9. The van der Waals surface area contributed by atoms with Gasteiger partial charge in [0.2, 0.25) is 5.91 Å². The second-order valence-electron chi connectivity index (χ2n) is 9.50. The summed E-state index contributed by atoms with van der Waals surface area (Å²) in [5, 5.41) is 7.16. The summed E-state index contributed by atoms with van der Waals surface area (Å²) in [7, 11) is 0. The van der Waals surface area contributed by atoms with Gasteiger partial charge in [-0.2, -0.15) is 0 Å². The minimum Gasteiger partial charge on any atom is -0.352 e. The number of nitrogens with zero attached hydrogens (tertiary/aromatic N) is 3. The average Bonchev–Trinajstić information content (AvgIpc) is 3.50. The first-order valence-corrected chi connectivity index (χ1v) is 12.9. The molecule has 188 valence electrons. The molecule has 2 N–H and O–H groups in total. The predicted molar refractivity (Wildman–Crippen MR) is 152 cm³/mol. The molecule has 0 spiro atoms. The number of anilines is 1. The van der Waals surface area contributed by atoms with Gasteiger partial charge in [-0.15, -0.1) is 0 Å². The number of hydrogen-bond donors (Lipinski definition) is 2. The first kappa shape index (κ1) is 24.7. The average molecular weight is 510 g/mol. The normalized spacial score (nSPS) is 17.1. The maximum atomic E-state index is 12.9. The molecule has 1 aliphatic heterocycles. The molecule has 2 unspecified atom stereocenters. The number of benzene rings is 2. The van der Waals surface area contributed by atoms with Gasteiger partial charge >= 0.3 is 0 Å². The molecule has 1 amide bonds. The van der Waals surface area contributed by atoms with Crippen molar-refractivity contribution in [2.45, 2.75) is 39.3 Å². The van der Waals surface area contributed by atoms with Crippen LogP contribution in [0.1, 0.15) is 46.6 Å². The van der Waals surface area contributed by atoms with Crippen LogP contribution in [0.2, 0.25) is 0 Å². The van der Waals surface area contributed by atoms with Crippen molar-refractivity contribution >= 4 is 28.9 Å². The van der Waals surface area contributed by atoms with Crippen LogP contribution in [0.4, 0.5) is 5.69 Å². The molecule has 6 nitrogen and oxygen atoms in total. The third-order valence-corrected chi connectivity index (χ3v) is 7.40. The Labute approximate surface area is 223 Å². The zero-order valence-electron chi connectivity index (χ0n) is 21.3. The molecule has 2 aromatic carbocycles. The van der Waals surface area contributed by atoms with E-state index in [0.29, 0.717) is 18.1 Å². The van der Waals surface area contributed by atoms with Gasteiger partial charge in [-0.05, 0) is 92.1 Å². The molecule has 5 rings (SSSR count). The number of pyridine rings is 1. The van der Waals surface area contributed by atoms with Crippen molar-refractivity contribution < 1.29 is 4.79 Å². The molecule has 0 bridgehead atoms. The molecule has 1 saturated heterocycles. The Morgan fingerprint density at radius 3 is 2.54 bits per heavy atom. The van der Waals surface area contributed by atoms with Gasteiger partial charge in [0.15, 0.2) is 5.11 Å². The molecule has 0 aliphatic carbocycles. The lowest BCUT2D eigenvalue weighted by Crippen LogP contribution is -2.33. The van der Waals surface area contributed by atoms with E-state index in [1.165, 1.54) is 11.1 Å². The fraction of sp³-hybridized carbons (Fsp3) is 0.233. The third kappa shape index (κ3) is 5.13. The van der Waals surface area contributed by atoms with E-state index in [2.05, 4.69) is 75.5 Å². The summed E-state index contributed by atoms with van der Waals surface area (Å²) in [6.45, 7) is 6.72. The van der Waals surface area contributed by atoms with Crippen molar-refractivity contribution in [2.75, 3.05) is 11.9 Å². The van der Waals surface area contributed by atoms with Crippen LogP contribution in [0.15, 0.2) is 85.2 Å². The summed E-state index contributed by atoms with van der Waals surface area (Å²) in [4.78, 5) is 19.7. The molecule has 7 heteroatoms. The Balaban J connectivity index is 1.46. The molecule has 0 saturated carbocycles. The smallest absolute Gasteiger partial charge is 0.226 e. The fourth-order valence-corrected chi connectivity index (χ4v) is 5.19. The van der Waals surface area contributed by atoms with Crippen LogP contribution in [0.25, 0.3) is 5.69 Å². The van der Waals surface area contributed by atoms with Gasteiger partial charge in [-0.1, -0.05) is 30.3 Å². The Hall–Kier alpha value is -3.97. The summed E-state index contributed by atoms with van der Waals surface area (Å²) in [6, 6.07) is 24.1. The Kier molecular flexibility index (Phi) is 7.06. The van der Waals surface area contributed by atoms with E-state index < -0.39 is 0 Å². The Morgan fingerprint density at radius 2 is 1.78 bits per heavy atom. The monoisotopic (exact) mass is 509 g/mol. The number of amides is 1. The van der Waals surface area contributed by atoms with Crippen molar-refractivity contribution in [3.05, 3.63) is 113 Å². The first-order valence-electron chi connectivity index (χ1n) is 12.5. The van der Waals surface area contributed by atoms with E-state index >= 15 is 0 Å². The van der Waals surface area contributed by atoms with Gasteiger partial charge in [-0.25, -0.2) is 0 Å². The maximum Gasteiger partial charge on any atom is 0.226 e. The minimum absolute atomic E-state index is 0.0401. The van der Waals surface area contributed by atoms with Crippen LogP contribution >= 0.6 is 12.2 Å². The van der Waals surface area contributed by atoms with Gasteiger partial charge in [0, 0.05) is 42.4 Å². The topological polar surface area (TPSA) is 62.2 Å². The van der Waals surface area contributed by atoms with E-state index in [4.69, 9.17) is 12.2 Å². The summed E-state index contributed by atoms with van der Waals surface area (Å²) >= 11 is 5.81. The number of thiocarbonyl (C=S) groups is 1. The lowest BCUT2D eigenvalue weighted by Gasteiger charge is -2.29. The molecule has 1 aliphatic rings. The van der Waals surface area contributed by atoms with Crippen LogP contribution in [-0.2, 0) is 4.79 Å². The number of carbonyl (C=O) groups excluding carboxylic acids is 1. The highest BCUT2D eigenvalue weighted by molar-refractivity contribution is 7.80. The highest BCUT2D eigenvalue weighted by atomic mass is 32.1. The second-order valence-corrected chi connectivity index (χ2v) is 9.89. The molecular weight excluding hydrogens is 478 g/mol. The molecule has 2 atom stereocenters. The molecule has 2 aromatic heterocycles. The van der Waals surface area contributed by atoms with Gasteiger partial charge in [-0.3, -0.25) is 9.78 Å². The molecule has 1 fully saturated rings. The van der Waals surface area contributed by atoms with Gasteiger partial charge in [0.1, 0.15) is 0 Å². The summed E-state index contributed by atoms with van der Waals surface area (Å²) in [5.41, 5.74) is 7.46.